The molecule has 1 aromatic heterocycles. The Morgan fingerprint density at radius 2 is 1.85 bits per heavy atom. The molecule has 5 rings (SSSR count). The zero-order chi connectivity index (χ0) is 23.9. The summed E-state index contributed by atoms with van der Waals surface area (Å²) >= 11 is 0. The molecular weight excluding hydrogens is 428 g/mol. The van der Waals surface area contributed by atoms with Crippen LogP contribution in [0.25, 0.3) is 11.0 Å². The molecule has 176 valence electrons. The normalized spacial score (nSPS) is 20.9. The average molecular weight is 459 g/mol. The predicted molar refractivity (Wildman–Crippen MR) is 132 cm³/mol. The van der Waals surface area contributed by atoms with E-state index in [0.717, 1.165) is 42.1 Å². The molecule has 0 unspecified atom stereocenters. The van der Waals surface area contributed by atoms with Crippen molar-refractivity contribution in [1.82, 2.24) is 19.4 Å². The fraction of sp³-hybridized carbons (Fsp3) is 0.370. The molecule has 0 bridgehead atoms. The fourth-order valence-corrected chi connectivity index (χ4v) is 5.70. The van der Waals surface area contributed by atoms with Crippen molar-refractivity contribution in [2.24, 2.45) is 0 Å². The summed E-state index contributed by atoms with van der Waals surface area (Å²) in [4.78, 5) is 40.3. The molecule has 0 radical (unpaired) electrons. The van der Waals surface area contributed by atoms with Gasteiger partial charge in [-0.25, -0.2) is 4.79 Å². The van der Waals surface area contributed by atoms with Gasteiger partial charge < -0.3 is 10.1 Å². The van der Waals surface area contributed by atoms with Crippen molar-refractivity contribution in [2.45, 2.75) is 44.3 Å². The molecule has 1 aliphatic carbocycles. The Labute approximate surface area is 198 Å². The number of likely N-dealkylation sites (N-methyl/N-ethyl adjacent to an activating group) is 1. The SMILES string of the molecule is CNC(=O)Cn1c(=O)n(C2CCN([C@]3(C=O)C=CCc4c(C)cccc43)CC2)c2ccccc21. The minimum absolute atomic E-state index is 0.00310. The number of aldehydes is 1. The monoisotopic (exact) mass is 458 g/mol. The number of benzene rings is 2. The van der Waals surface area contributed by atoms with E-state index in [1.807, 2.05) is 41.0 Å². The molecule has 0 saturated carbocycles. The first-order valence-electron chi connectivity index (χ1n) is 11.9. The third-order valence-corrected chi connectivity index (χ3v) is 7.52. The van der Waals surface area contributed by atoms with Crippen molar-refractivity contribution in [2.75, 3.05) is 20.1 Å². The van der Waals surface area contributed by atoms with E-state index >= 15 is 0 Å². The van der Waals surface area contributed by atoms with Crippen LogP contribution in [0.4, 0.5) is 0 Å². The molecule has 2 aromatic carbocycles. The molecular formula is C27H30N4O3. The van der Waals surface area contributed by atoms with E-state index in [9.17, 15) is 14.4 Å². The molecule has 1 atom stereocenters. The smallest absolute Gasteiger partial charge is 0.329 e. The van der Waals surface area contributed by atoms with E-state index in [2.05, 4.69) is 35.3 Å². The molecule has 1 aliphatic heterocycles. The number of hydrogen-bond acceptors (Lipinski definition) is 4. The first-order chi connectivity index (χ1) is 16.5. The van der Waals surface area contributed by atoms with Crippen molar-refractivity contribution >= 4 is 23.2 Å². The van der Waals surface area contributed by atoms with Gasteiger partial charge in [-0.15, -0.1) is 0 Å². The topological polar surface area (TPSA) is 76.3 Å². The Bertz CT molecular complexity index is 1340. The van der Waals surface area contributed by atoms with Gasteiger partial charge in [-0.05, 0) is 55.0 Å². The standard InChI is InChI=1S/C27H30N4O3/c1-19-7-5-9-22-21(19)8-6-14-27(22,18-32)29-15-12-20(13-16-29)31-24-11-4-3-10-23(24)30(26(31)34)17-25(33)28-2/h3-7,9-11,14,18,20H,8,12-13,15-17H2,1-2H3,(H,28,33)/t27-/m0/s1. The number of likely N-dealkylation sites (tertiary alicyclic amines) is 1. The van der Waals surface area contributed by atoms with Crippen molar-refractivity contribution in [3.8, 4) is 0 Å². The predicted octanol–water partition coefficient (Wildman–Crippen LogP) is 2.70. The molecule has 7 heteroatoms. The van der Waals surface area contributed by atoms with Crippen LogP contribution in [0, 0.1) is 6.92 Å². The molecule has 1 amide bonds. The summed E-state index contributed by atoms with van der Waals surface area (Å²) in [5.74, 6) is -0.203. The summed E-state index contributed by atoms with van der Waals surface area (Å²) in [5.41, 5.74) is 4.20. The maximum absolute atomic E-state index is 13.4. The van der Waals surface area contributed by atoms with Crippen molar-refractivity contribution in [3.63, 3.8) is 0 Å². The number of carbonyl (C=O) groups excluding carboxylic acids is 2. The zero-order valence-corrected chi connectivity index (χ0v) is 19.7. The molecule has 34 heavy (non-hydrogen) atoms. The van der Waals surface area contributed by atoms with Gasteiger partial charge in [-0.2, -0.15) is 0 Å². The van der Waals surface area contributed by atoms with Crippen LogP contribution in [0.1, 0.15) is 35.6 Å². The third kappa shape index (κ3) is 3.42. The van der Waals surface area contributed by atoms with Crippen LogP contribution in [0.2, 0.25) is 0 Å². The number of imidazole rings is 1. The number of amides is 1. The van der Waals surface area contributed by atoms with E-state index in [4.69, 9.17) is 0 Å². The number of hydrogen-bond donors (Lipinski definition) is 1. The van der Waals surface area contributed by atoms with Crippen LogP contribution < -0.4 is 11.0 Å². The summed E-state index contributed by atoms with van der Waals surface area (Å²) in [6.45, 7) is 3.49. The second-order valence-electron chi connectivity index (χ2n) is 9.27. The molecule has 7 nitrogen and oxygen atoms in total. The lowest BCUT2D eigenvalue weighted by atomic mass is 9.78. The van der Waals surface area contributed by atoms with Crippen LogP contribution in [0.5, 0.6) is 0 Å². The minimum Gasteiger partial charge on any atom is -0.358 e. The van der Waals surface area contributed by atoms with Crippen molar-refractivity contribution in [3.05, 3.63) is 81.8 Å². The van der Waals surface area contributed by atoms with Gasteiger partial charge in [0.15, 0.2) is 0 Å². The van der Waals surface area contributed by atoms with Crippen LogP contribution in [-0.4, -0.2) is 46.4 Å². The average Bonchev–Trinajstić information content (AvgIpc) is 3.15. The number of carbonyl (C=O) groups is 2. The van der Waals surface area contributed by atoms with E-state index in [1.165, 1.54) is 11.1 Å². The van der Waals surface area contributed by atoms with Gasteiger partial charge in [0.2, 0.25) is 5.91 Å². The van der Waals surface area contributed by atoms with Gasteiger partial charge in [-0.1, -0.05) is 42.5 Å². The van der Waals surface area contributed by atoms with Crippen molar-refractivity contribution in [1.29, 1.82) is 0 Å². The number of aryl methyl sites for hydroxylation is 1. The Balaban J connectivity index is 1.46. The highest BCUT2D eigenvalue weighted by Gasteiger charge is 2.41. The second kappa shape index (κ2) is 8.72. The van der Waals surface area contributed by atoms with E-state index in [0.29, 0.717) is 13.1 Å². The van der Waals surface area contributed by atoms with Gasteiger partial charge in [-0.3, -0.25) is 18.8 Å². The number of aromatic nitrogens is 2. The number of fused-ring (bicyclic) bond motifs is 2. The summed E-state index contributed by atoms with van der Waals surface area (Å²) < 4.78 is 3.40. The molecule has 1 fully saturated rings. The van der Waals surface area contributed by atoms with Crippen LogP contribution in [-0.2, 0) is 28.1 Å². The van der Waals surface area contributed by atoms with E-state index in [1.54, 1.807) is 11.6 Å². The van der Waals surface area contributed by atoms with Crippen LogP contribution in [0.3, 0.4) is 0 Å². The Hall–Kier alpha value is -3.45. The van der Waals surface area contributed by atoms with E-state index in [-0.39, 0.29) is 24.2 Å². The first-order valence-corrected chi connectivity index (χ1v) is 11.9. The second-order valence-corrected chi connectivity index (χ2v) is 9.27. The molecule has 1 N–H and O–H groups in total. The lowest BCUT2D eigenvalue weighted by molar-refractivity contribution is -0.121. The highest BCUT2D eigenvalue weighted by molar-refractivity contribution is 5.81. The molecule has 2 aliphatic rings. The van der Waals surface area contributed by atoms with Gasteiger partial charge in [0.25, 0.3) is 0 Å². The lowest BCUT2D eigenvalue weighted by Gasteiger charge is -2.44. The van der Waals surface area contributed by atoms with Gasteiger partial charge >= 0.3 is 5.69 Å². The number of rotatable bonds is 5. The molecule has 0 spiro atoms. The highest BCUT2D eigenvalue weighted by Crippen LogP contribution is 2.39. The van der Waals surface area contributed by atoms with Crippen LogP contribution >= 0.6 is 0 Å². The Kier molecular flexibility index (Phi) is 5.73. The minimum atomic E-state index is -0.761. The lowest BCUT2D eigenvalue weighted by Crippen LogP contribution is -2.51. The number of nitrogens with zero attached hydrogens (tertiary/aromatic N) is 3. The fourth-order valence-electron chi connectivity index (χ4n) is 5.70. The highest BCUT2D eigenvalue weighted by atomic mass is 16.2. The molecule has 1 saturated heterocycles. The number of nitrogens with one attached hydrogen (secondary N) is 1. The largest absolute Gasteiger partial charge is 0.358 e. The van der Waals surface area contributed by atoms with Crippen LogP contribution in [0.15, 0.2) is 59.4 Å². The Morgan fingerprint density at radius 1 is 1.12 bits per heavy atom. The number of piperidine rings is 1. The Morgan fingerprint density at radius 3 is 2.56 bits per heavy atom. The van der Waals surface area contributed by atoms with E-state index < -0.39 is 5.54 Å². The number of allylic oxidation sites excluding steroid dienone is 1. The van der Waals surface area contributed by atoms with Crippen molar-refractivity contribution < 1.29 is 9.59 Å². The van der Waals surface area contributed by atoms with Gasteiger partial charge in [0, 0.05) is 26.2 Å². The third-order valence-electron chi connectivity index (χ3n) is 7.52. The summed E-state index contributed by atoms with van der Waals surface area (Å²) in [7, 11) is 1.57. The number of para-hydroxylation sites is 2. The summed E-state index contributed by atoms with van der Waals surface area (Å²) in [5, 5.41) is 2.60. The first kappa shape index (κ1) is 22.3. The quantitative estimate of drug-likeness (QED) is 0.471. The zero-order valence-electron chi connectivity index (χ0n) is 19.7. The summed E-state index contributed by atoms with van der Waals surface area (Å²) in [6, 6.07) is 13.8. The molecule has 2 heterocycles. The maximum Gasteiger partial charge on any atom is 0.329 e. The summed E-state index contributed by atoms with van der Waals surface area (Å²) in [6.07, 6.45) is 7.56. The van der Waals surface area contributed by atoms with Gasteiger partial charge in [0.05, 0.1) is 11.0 Å². The molecule has 3 aromatic rings. The van der Waals surface area contributed by atoms with Gasteiger partial charge in [0.1, 0.15) is 18.4 Å². The maximum atomic E-state index is 13.4.